The lowest BCUT2D eigenvalue weighted by Gasteiger charge is -2.63. The summed E-state index contributed by atoms with van der Waals surface area (Å²) in [6.07, 6.45) is 9.99. The highest BCUT2D eigenvalue weighted by Gasteiger charge is 2.69. The number of rotatable bonds is 8. The number of methoxy groups -OCH3 is 1. The van der Waals surface area contributed by atoms with Crippen molar-refractivity contribution in [1.29, 1.82) is 0 Å². The summed E-state index contributed by atoms with van der Waals surface area (Å²) in [5, 5.41) is 12.0. The lowest BCUT2D eigenvalue weighted by Crippen LogP contribution is -2.70. The number of aryl methyl sites for hydroxylation is 1. The van der Waals surface area contributed by atoms with E-state index in [1.54, 1.807) is 7.11 Å². The molecule has 6 atom stereocenters. The van der Waals surface area contributed by atoms with Crippen molar-refractivity contribution in [2.75, 3.05) is 20.2 Å². The maximum Gasteiger partial charge on any atom is 0.165 e. The molecular weight excluding hydrogens is 446 g/mol. The Labute approximate surface area is 216 Å². The van der Waals surface area contributed by atoms with E-state index in [9.17, 15) is 5.11 Å². The zero-order valence-corrected chi connectivity index (χ0v) is 21.9. The summed E-state index contributed by atoms with van der Waals surface area (Å²) in [4.78, 5) is 2.84. The molecule has 4 nitrogen and oxygen atoms in total. The largest absolute Gasteiger partial charge is 0.493 e. The van der Waals surface area contributed by atoms with E-state index in [4.69, 9.17) is 9.47 Å². The van der Waals surface area contributed by atoms with Gasteiger partial charge in [0.1, 0.15) is 6.10 Å². The van der Waals surface area contributed by atoms with Gasteiger partial charge < -0.3 is 14.6 Å². The molecule has 7 rings (SSSR count). The molecule has 4 unspecified atom stereocenters. The van der Waals surface area contributed by atoms with Crippen molar-refractivity contribution in [3.63, 3.8) is 0 Å². The van der Waals surface area contributed by atoms with Crippen LogP contribution >= 0.6 is 0 Å². The number of benzene rings is 2. The van der Waals surface area contributed by atoms with Crippen LogP contribution in [0.15, 0.2) is 42.5 Å². The summed E-state index contributed by atoms with van der Waals surface area (Å²) >= 11 is 0. The second-order valence-corrected chi connectivity index (χ2v) is 12.8. The Morgan fingerprint density at radius 2 is 1.94 bits per heavy atom. The van der Waals surface area contributed by atoms with Gasteiger partial charge in [0.25, 0.3) is 0 Å². The van der Waals surface area contributed by atoms with Crippen LogP contribution in [0.2, 0.25) is 0 Å². The van der Waals surface area contributed by atoms with Gasteiger partial charge in [-0.05, 0) is 92.4 Å². The minimum absolute atomic E-state index is 0.0643. The standard InChI is InChI=1S/C32H41NO3/c1-31(15-7-6-10-21-8-4-3-5-9-21)19-24-25-18-23-13-14-26(35-2)28-27(23)32(24,30(36-28)29(31)34)16-17-33(25)20-22-11-12-22/h3-5,8-9,13-14,22,24-25,29-30,34H,6-7,10-12,15-20H2,1-2H3/t24?,25?,29-,30?,31-,32?/m1/s1. The van der Waals surface area contributed by atoms with Gasteiger partial charge in [-0.1, -0.05) is 49.7 Å². The monoisotopic (exact) mass is 487 g/mol. The molecule has 0 radical (unpaired) electrons. The third-order valence-electron chi connectivity index (χ3n) is 10.7. The first kappa shape index (κ1) is 23.1. The summed E-state index contributed by atoms with van der Waals surface area (Å²) in [5.74, 6) is 3.22. The van der Waals surface area contributed by atoms with Gasteiger partial charge in [0.15, 0.2) is 11.5 Å². The van der Waals surface area contributed by atoms with Gasteiger partial charge in [-0.3, -0.25) is 4.90 Å². The molecule has 5 aliphatic rings. The Morgan fingerprint density at radius 3 is 2.72 bits per heavy atom. The minimum Gasteiger partial charge on any atom is -0.493 e. The van der Waals surface area contributed by atoms with E-state index in [1.165, 1.54) is 42.5 Å². The molecule has 36 heavy (non-hydrogen) atoms. The lowest BCUT2D eigenvalue weighted by molar-refractivity contribution is -0.164. The number of unbranched alkanes of at least 4 members (excludes halogenated alkanes) is 1. The number of ether oxygens (including phenoxy) is 2. The fourth-order valence-electron chi connectivity index (χ4n) is 8.64. The van der Waals surface area contributed by atoms with E-state index in [0.29, 0.717) is 12.0 Å². The van der Waals surface area contributed by atoms with Crippen LogP contribution in [-0.4, -0.2) is 48.5 Å². The fourth-order valence-corrected chi connectivity index (χ4v) is 8.64. The Bertz CT molecular complexity index is 1130. The van der Waals surface area contributed by atoms with E-state index < -0.39 is 6.10 Å². The highest BCUT2D eigenvalue weighted by atomic mass is 16.5. The Morgan fingerprint density at radius 1 is 1.11 bits per heavy atom. The molecule has 3 aliphatic carbocycles. The average Bonchev–Trinajstić information content (AvgIpc) is 3.64. The number of piperidine rings is 1. The lowest BCUT2D eigenvalue weighted by atomic mass is 9.46. The fraction of sp³-hybridized carbons (Fsp3) is 0.625. The van der Waals surface area contributed by atoms with Crippen molar-refractivity contribution >= 4 is 0 Å². The Hall–Kier alpha value is -2.04. The van der Waals surface area contributed by atoms with Gasteiger partial charge in [-0.25, -0.2) is 0 Å². The van der Waals surface area contributed by atoms with Gasteiger partial charge in [-0.15, -0.1) is 0 Å². The molecule has 2 aromatic carbocycles. The quantitative estimate of drug-likeness (QED) is 0.497. The third kappa shape index (κ3) is 3.40. The first-order valence-corrected chi connectivity index (χ1v) is 14.4. The summed E-state index contributed by atoms with van der Waals surface area (Å²) < 4.78 is 12.6. The SMILES string of the molecule is COc1ccc2c3c1OC1[C@@H](O)[C@](C)(CCCCc4ccccc4)CC4C(C2)N(CC2CC2)CCC341. The van der Waals surface area contributed by atoms with Crippen molar-refractivity contribution in [3.8, 4) is 11.5 Å². The highest BCUT2D eigenvalue weighted by Crippen LogP contribution is 2.67. The van der Waals surface area contributed by atoms with Crippen molar-refractivity contribution in [3.05, 3.63) is 59.2 Å². The zero-order valence-electron chi connectivity index (χ0n) is 21.9. The summed E-state index contributed by atoms with van der Waals surface area (Å²) in [6, 6.07) is 15.8. The van der Waals surface area contributed by atoms with Gasteiger partial charge in [-0.2, -0.15) is 0 Å². The first-order valence-electron chi connectivity index (χ1n) is 14.4. The molecule has 2 bridgehead atoms. The van der Waals surface area contributed by atoms with Gasteiger partial charge in [0, 0.05) is 23.6 Å². The third-order valence-corrected chi connectivity index (χ3v) is 10.7. The summed E-state index contributed by atoms with van der Waals surface area (Å²) in [5.41, 5.74) is 4.06. The molecule has 4 heteroatoms. The van der Waals surface area contributed by atoms with Gasteiger partial charge in [0.2, 0.25) is 0 Å². The first-order chi connectivity index (χ1) is 17.5. The number of aliphatic hydroxyl groups is 1. The van der Waals surface area contributed by atoms with E-state index >= 15 is 0 Å². The number of nitrogens with zero attached hydrogens (tertiary/aromatic N) is 1. The maximum absolute atomic E-state index is 12.0. The number of hydrogen-bond donors (Lipinski definition) is 1. The van der Waals surface area contributed by atoms with Crippen molar-refractivity contribution in [2.45, 2.75) is 88.4 Å². The van der Waals surface area contributed by atoms with Gasteiger partial charge in [0.05, 0.1) is 13.2 Å². The topological polar surface area (TPSA) is 41.9 Å². The molecule has 192 valence electrons. The molecule has 1 N–H and O–H groups in total. The van der Waals surface area contributed by atoms with Gasteiger partial charge >= 0.3 is 0 Å². The molecule has 2 aliphatic heterocycles. The van der Waals surface area contributed by atoms with Crippen LogP contribution in [0.25, 0.3) is 0 Å². The van der Waals surface area contributed by atoms with Crippen molar-refractivity contribution in [1.82, 2.24) is 4.90 Å². The zero-order chi connectivity index (χ0) is 24.5. The molecular formula is C32H41NO3. The van der Waals surface area contributed by atoms with Crippen molar-refractivity contribution < 1.29 is 14.6 Å². The van der Waals surface area contributed by atoms with E-state index in [-0.39, 0.29) is 16.9 Å². The molecule has 2 saturated carbocycles. The Balaban J connectivity index is 1.20. The van der Waals surface area contributed by atoms with Crippen LogP contribution in [0, 0.1) is 17.3 Å². The summed E-state index contributed by atoms with van der Waals surface area (Å²) in [6.45, 7) is 4.75. The van der Waals surface area contributed by atoms with Crippen LogP contribution in [0.5, 0.6) is 11.5 Å². The molecule has 1 spiro atoms. The molecule has 3 fully saturated rings. The van der Waals surface area contributed by atoms with E-state index in [1.807, 2.05) is 0 Å². The maximum atomic E-state index is 12.0. The van der Waals surface area contributed by atoms with Crippen LogP contribution < -0.4 is 9.47 Å². The average molecular weight is 488 g/mol. The number of likely N-dealkylation sites (tertiary alicyclic amines) is 1. The smallest absolute Gasteiger partial charge is 0.165 e. The van der Waals surface area contributed by atoms with Crippen molar-refractivity contribution in [2.24, 2.45) is 17.3 Å². The van der Waals surface area contributed by atoms with Crippen LogP contribution in [-0.2, 0) is 18.3 Å². The van der Waals surface area contributed by atoms with E-state index in [2.05, 4.69) is 54.3 Å². The molecule has 0 amide bonds. The Kier molecular flexibility index (Phi) is 5.45. The van der Waals surface area contributed by atoms with E-state index in [0.717, 1.165) is 62.5 Å². The number of hydrogen-bond acceptors (Lipinski definition) is 4. The highest BCUT2D eigenvalue weighted by molar-refractivity contribution is 5.61. The molecule has 2 aromatic rings. The second kappa shape index (κ2) is 8.49. The predicted molar refractivity (Wildman–Crippen MR) is 142 cm³/mol. The molecule has 1 saturated heterocycles. The van der Waals surface area contributed by atoms with Crippen LogP contribution in [0.4, 0.5) is 0 Å². The van der Waals surface area contributed by atoms with Crippen LogP contribution in [0.1, 0.15) is 68.6 Å². The van der Waals surface area contributed by atoms with Crippen LogP contribution in [0.3, 0.4) is 0 Å². The predicted octanol–water partition coefficient (Wildman–Crippen LogP) is 5.53. The second-order valence-electron chi connectivity index (χ2n) is 12.8. The molecule has 0 aromatic heterocycles. The number of aliphatic hydroxyl groups excluding tert-OH is 1. The summed E-state index contributed by atoms with van der Waals surface area (Å²) in [7, 11) is 1.75. The normalized spacial score (nSPS) is 36.3. The minimum atomic E-state index is -0.454. The molecule has 2 heterocycles.